The second-order valence-electron chi connectivity index (χ2n) is 4.10. The number of fused-ring (bicyclic) bond motifs is 1. The number of carbonyl (C=O) groups excluding carboxylic acids is 1. The minimum absolute atomic E-state index is 0.203. The molecule has 0 radical (unpaired) electrons. The lowest BCUT2D eigenvalue weighted by Crippen LogP contribution is -2.28. The molecule has 5 heteroatoms. The van der Waals surface area contributed by atoms with E-state index in [-0.39, 0.29) is 11.8 Å². The van der Waals surface area contributed by atoms with Gasteiger partial charge in [0.1, 0.15) is 13.2 Å². The summed E-state index contributed by atoms with van der Waals surface area (Å²) in [6, 6.07) is 7.12. The van der Waals surface area contributed by atoms with Crippen LogP contribution in [0.4, 0.5) is 0 Å². The zero-order valence-corrected chi connectivity index (χ0v) is 10.1. The van der Waals surface area contributed by atoms with Crippen LogP contribution in [0.15, 0.2) is 18.2 Å². The lowest BCUT2D eigenvalue weighted by molar-refractivity contribution is 0.0949. The summed E-state index contributed by atoms with van der Waals surface area (Å²) in [6.45, 7) is 3.11. The predicted octanol–water partition coefficient (Wildman–Crippen LogP) is 1.35. The van der Waals surface area contributed by atoms with Crippen LogP contribution < -0.4 is 14.8 Å². The Bertz CT molecular complexity index is 493. The standard InChI is InChI=1S/C13H14N2O3/c1-9(7-14)8-15-13(16)10-2-3-11-12(6-10)18-5-4-17-11/h2-3,6,9H,4-5,8H2,1H3,(H,15,16). The normalized spacial score (nSPS) is 14.4. The molecule has 1 unspecified atom stereocenters. The maximum absolute atomic E-state index is 11.8. The summed E-state index contributed by atoms with van der Waals surface area (Å²) in [4.78, 5) is 11.8. The van der Waals surface area contributed by atoms with Gasteiger partial charge in [-0.05, 0) is 25.1 Å². The molecule has 1 aromatic carbocycles. The molecule has 0 aliphatic carbocycles. The van der Waals surface area contributed by atoms with Gasteiger partial charge in [0, 0.05) is 12.1 Å². The van der Waals surface area contributed by atoms with Crippen LogP contribution in [-0.4, -0.2) is 25.7 Å². The third-order valence-electron chi connectivity index (χ3n) is 2.59. The van der Waals surface area contributed by atoms with Gasteiger partial charge in [-0.1, -0.05) is 0 Å². The van der Waals surface area contributed by atoms with E-state index >= 15 is 0 Å². The average Bonchev–Trinajstić information content (AvgIpc) is 2.43. The molecule has 0 aromatic heterocycles. The van der Waals surface area contributed by atoms with Gasteiger partial charge < -0.3 is 14.8 Å². The van der Waals surface area contributed by atoms with Gasteiger partial charge in [0.25, 0.3) is 5.91 Å². The van der Waals surface area contributed by atoms with Gasteiger partial charge in [0.05, 0.1) is 12.0 Å². The zero-order valence-electron chi connectivity index (χ0n) is 10.1. The van der Waals surface area contributed by atoms with E-state index in [0.29, 0.717) is 36.8 Å². The molecule has 5 nitrogen and oxygen atoms in total. The Morgan fingerprint density at radius 3 is 2.89 bits per heavy atom. The van der Waals surface area contributed by atoms with E-state index in [1.165, 1.54) is 0 Å². The fourth-order valence-corrected chi connectivity index (χ4v) is 1.58. The van der Waals surface area contributed by atoms with Crippen molar-refractivity contribution in [3.8, 4) is 17.6 Å². The molecule has 1 aliphatic heterocycles. The highest BCUT2D eigenvalue weighted by Crippen LogP contribution is 2.30. The Balaban J connectivity index is 2.05. The minimum atomic E-state index is -0.214. The quantitative estimate of drug-likeness (QED) is 0.873. The van der Waals surface area contributed by atoms with Crippen LogP contribution in [-0.2, 0) is 0 Å². The van der Waals surface area contributed by atoms with E-state index in [9.17, 15) is 4.79 Å². The van der Waals surface area contributed by atoms with Gasteiger partial charge >= 0.3 is 0 Å². The van der Waals surface area contributed by atoms with Crippen LogP contribution in [0, 0.1) is 17.2 Å². The van der Waals surface area contributed by atoms with Crippen LogP contribution in [0.1, 0.15) is 17.3 Å². The first-order chi connectivity index (χ1) is 8.70. The van der Waals surface area contributed by atoms with Crippen molar-refractivity contribution in [1.29, 1.82) is 5.26 Å². The van der Waals surface area contributed by atoms with Crippen LogP contribution in [0.5, 0.6) is 11.5 Å². The summed E-state index contributed by atoms with van der Waals surface area (Å²) < 4.78 is 10.8. The largest absolute Gasteiger partial charge is 0.486 e. The third kappa shape index (κ3) is 2.72. The first kappa shape index (κ1) is 12.2. The van der Waals surface area contributed by atoms with E-state index < -0.39 is 0 Å². The molecule has 0 spiro atoms. The number of hydrogen-bond acceptors (Lipinski definition) is 4. The molecule has 0 saturated carbocycles. The maximum atomic E-state index is 11.8. The Kier molecular flexibility index (Phi) is 3.68. The summed E-state index contributed by atoms with van der Waals surface area (Å²) >= 11 is 0. The highest BCUT2D eigenvalue weighted by molar-refractivity contribution is 5.94. The molecule has 1 atom stereocenters. The van der Waals surface area contributed by atoms with E-state index in [1.54, 1.807) is 25.1 Å². The van der Waals surface area contributed by atoms with Crippen LogP contribution >= 0.6 is 0 Å². The van der Waals surface area contributed by atoms with Gasteiger partial charge in [-0.3, -0.25) is 4.79 Å². The first-order valence-corrected chi connectivity index (χ1v) is 5.78. The summed E-state index contributed by atoms with van der Waals surface area (Å²) in [5.41, 5.74) is 0.504. The number of nitrogens with zero attached hydrogens (tertiary/aromatic N) is 1. The average molecular weight is 246 g/mol. The molecule has 1 amide bonds. The molecule has 18 heavy (non-hydrogen) atoms. The fourth-order valence-electron chi connectivity index (χ4n) is 1.58. The lowest BCUT2D eigenvalue weighted by Gasteiger charge is -2.18. The van der Waals surface area contributed by atoms with Gasteiger partial charge in [-0.15, -0.1) is 0 Å². The molecule has 0 saturated heterocycles. The van der Waals surface area contributed by atoms with Gasteiger partial charge in [0.2, 0.25) is 0 Å². The van der Waals surface area contributed by atoms with Crippen LogP contribution in [0.3, 0.4) is 0 Å². The van der Waals surface area contributed by atoms with E-state index in [0.717, 1.165) is 0 Å². The van der Waals surface area contributed by atoms with Crippen molar-refractivity contribution in [2.45, 2.75) is 6.92 Å². The predicted molar refractivity (Wildman–Crippen MR) is 64.5 cm³/mol. The number of benzene rings is 1. The van der Waals surface area contributed by atoms with Gasteiger partial charge in [-0.25, -0.2) is 0 Å². The second-order valence-corrected chi connectivity index (χ2v) is 4.10. The Hall–Kier alpha value is -2.22. The molecule has 1 aromatic rings. The minimum Gasteiger partial charge on any atom is -0.486 e. The molecule has 2 rings (SSSR count). The maximum Gasteiger partial charge on any atom is 0.251 e. The van der Waals surface area contributed by atoms with Crippen molar-refractivity contribution in [3.63, 3.8) is 0 Å². The van der Waals surface area contributed by atoms with Crippen LogP contribution in [0.2, 0.25) is 0 Å². The van der Waals surface area contributed by atoms with Crippen molar-refractivity contribution in [2.75, 3.05) is 19.8 Å². The van der Waals surface area contributed by atoms with Crippen molar-refractivity contribution >= 4 is 5.91 Å². The number of nitriles is 1. The molecule has 1 N–H and O–H groups in total. The molecule has 1 heterocycles. The number of ether oxygens (including phenoxy) is 2. The Morgan fingerprint density at radius 2 is 2.17 bits per heavy atom. The van der Waals surface area contributed by atoms with E-state index in [2.05, 4.69) is 11.4 Å². The molecular formula is C13H14N2O3. The highest BCUT2D eigenvalue weighted by Gasteiger charge is 2.15. The van der Waals surface area contributed by atoms with Gasteiger partial charge in [-0.2, -0.15) is 5.26 Å². The summed E-state index contributed by atoms with van der Waals surface area (Å²) in [6.07, 6.45) is 0. The smallest absolute Gasteiger partial charge is 0.251 e. The molecular weight excluding hydrogens is 232 g/mol. The van der Waals surface area contributed by atoms with E-state index in [1.807, 2.05) is 0 Å². The number of hydrogen-bond donors (Lipinski definition) is 1. The molecule has 1 aliphatic rings. The second kappa shape index (κ2) is 5.41. The number of carbonyl (C=O) groups is 1. The zero-order chi connectivity index (χ0) is 13.0. The number of amides is 1. The summed E-state index contributed by atoms with van der Waals surface area (Å²) in [5.74, 6) is 0.825. The summed E-state index contributed by atoms with van der Waals surface area (Å²) in [5, 5.41) is 11.3. The van der Waals surface area contributed by atoms with Crippen LogP contribution in [0.25, 0.3) is 0 Å². The molecule has 94 valence electrons. The monoisotopic (exact) mass is 246 g/mol. The fraction of sp³-hybridized carbons (Fsp3) is 0.385. The number of rotatable bonds is 3. The summed E-state index contributed by atoms with van der Waals surface area (Å²) in [7, 11) is 0. The molecule has 0 bridgehead atoms. The van der Waals surface area contributed by atoms with Crippen molar-refractivity contribution < 1.29 is 14.3 Å². The first-order valence-electron chi connectivity index (χ1n) is 5.78. The van der Waals surface area contributed by atoms with E-state index in [4.69, 9.17) is 14.7 Å². The van der Waals surface area contributed by atoms with Crippen molar-refractivity contribution in [3.05, 3.63) is 23.8 Å². The Labute approximate surface area is 105 Å². The van der Waals surface area contributed by atoms with Crippen molar-refractivity contribution in [1.82, 2.24) is 5.32 Å². The molecule has 0 fully saturated rings. The van der Waals surface area contributed by atoms with Gasteiger partial charge in [0.15, 0.2) is 11.5 Å². The lowest BCUT2D eigenvalue weighted by atomic mass is 10.1. The third-order valence-corrected chi connectivity index (χ3v) is 2.59. The Morgan fingerprint density at radius 1 is 1.44 bits per heavy atom. The number of nitrogens with one attached hydrogen (secondary N) is 1. The van der Waals surface area contributed by atoms with Crippen molar-refractivity contribution in [2.24, 2.45) is 5.92 Å². The highest BCUT2D eigenvalue weighted by atomic mass is 16.6. The SMILES string of the molecule is CC(C#N)CNC(=O)c1ccc2c(c1)OCCO2. The topological polar surface area (TPSA) is 71.4 Å².